The van der Waals surface area contributed by atoms with Crippen LogP contribution in [0.25, 0.3) is 5.69 Å². The topological polar surface area (TPSA) is 29.9 Å². The van der Waals surface area contributed by atoms with Gasteiger partial charge in [0, 0.05) is 29.9 Å². The van der Waals surface area contributed by atoms with Crippen LogP contribution in [0.3, 0.4) is 0 Å². The van der Waals surface area contributed by atoms with Crippen LogP contribution in [0.1, 0.15) is 29.8 Å². The Morgan fingerprint density at radius 3 is 2.58 bits per heavy atom. The van der Waals surface area contributed by atoms with Gasteiger partial charge in [0.2, 0.25) is 0 Å². The summed E-state index contributed by atoms with van der Waals surface area (Å²) in [5.74, 6) is -1.78. The summed E-state index contributed by atoms with van der Waals surface area (Å²) in [6.07, 6.45) is 1.64. The largest absolute Gasteiger partial charge is 0.306 e. The molecule has 1 N–H and O–H groups in total. The summed E-state index contributed by atoms with van der Waals surface area (Å²) in [4.78, 5) is 0. The molecular weight excluding hydrogens is 363 g/mol. The van der Waals surface area contributed by atoms with Gasteiger partial charge in [0.05, 0.1) is 11.2 Å². The van der Waals surface area contributed by atoms with Crippen molar-refractivity contribution in [3.63, 3.8) is 0 Å². The van der Waals surface area contributed by atoms with Crippen molar-refractivity contribution >= 4 is 11.6 Å². The Bertz CT molecular complexity index is 940. The zero-order chi connectivity index (χ0) is 18.8. The lowest BCUT2D eigenvalue weighted by Crippen LogP contribution is -2.18. The van der Waals surface area contributed by atoms with E-state index in [-0.39, 0.29) is 16.8 Å². The SMILES string of the molecule is Cc1c([C@@H](C)NCc2ccc(Cl)c(F)c2)cnn1-c1ccc(F)cc1F. The molecule has 0 bridgehead atoms. The monoisotopic (exact) mass is 379 g/mol. The maximum Gasteiger partial charge on any atom is 0.151 e. The van der Waals surface area contributed by atoms with Crippen LogP contribution in [-0.2, 0) is 6.54 Å². The zero-order valence-electron chi connectivity index (χ0n) is 14.2. The molecule has 0 spiro atoms. The molecule has 2 aromatic carbocycles. The van der Waals surface area contributed by atoms with Gasteiger partial charge >= 0.3 is 0 Å². The first kappa shape index (κ1) is 18.5. The van der Waals surface area contributed by atoms with Crippen molar-refractivity contribution < 1.29 is 13.2 Å². The quantitative estimate of drug-likeness (QED) is 0.668. The van der Waals surface area contributed by atoms with Crippen LogP contribution in [0.2, 0.25) is 5.02 Å². The molecule has 3 aromatic rings. The third-order valence-electron chi connectivity index (χ3n) is 4.25. The second kappa shape index (κ2) is 7.51. The van der Waals surface area contributed by atoms with E-state index in [1.165, 1.54) is 28.9 Å². The average molecular weight is 380 g/mol. The van der Waals surface area contributed by atoms with E-state index < -0.39 is 17.5 Å². The van der Waals surface area contributed by atoms with Crippen molar-refractivity contribution in [2.24, 2.45) is 0 Å². The van der Waals surface area contributed by atoms with E-state index in [1.54, 1.807) is 12.3 Å². The van der Waals surface area contributed by atoms with E-state index in [9.17, 15) is 13.2 Å². The molecule has 0 saturated carbocycles. The van der Waals surface area contributed by atoms with Crippen molar-refractivity contribution in [2.45, 2.75) is 26.4 Å². The maximum atomic E-state index is 14.0. The van der Waals surface area contributed by atoms with Crippen LogP contribution >= 0.6 is 11.6 Å². The van der Waals surface area contributed by atoms with Gasteiger partial charge in [-0.3, -0.25) is 0 Å². The summed E-state index contributed by atoms with van der Waals surface area (Å²) in [5.41, 5.74) is 2.54. The van der Waals surface area contributed by atoms with Crippen LogP contribution in [0.5, 0.6) is 0 Å². The number of hydrogen-bond acceptors (Lipinski definition) is 2. The Kier molecular flexibility index (Phi) is 5.34. The van der Waals surface area contributed by atoms with Crippen LogP contribution in [0, 0.1) is 24.4 Å². The fraction of sp³-hybridized carbons (Fsp3) is 0.211. The van der Waals surface area contributed by atoms with Gasteiger partial charge in [-0.15, -0.1) is 0 Å². The number of rotatable bonds is 5. The molecule has 26 heavy (non-hydrogen) atoms. The van der Waals surface area contributed by atoms with Gasteiger partial charge in [0.25, 0.3) is 0 Å². The third kappa shape index (κ3) is 3.76. The van der Waals surface area contributed by atoms with Gasteiger partial charge in [-0.1, -0.05) is 17.7 Å². The van der Waals surface area contributed by atoms with Crippen molar-refractivity contribution in [2.75, 3.05) is 0 Å². The highest BCUT2D eigenvalue weighted by molar-refractivity contribution is 6.30. The van der Waals surface area contributed by atoms with Crippen molar-refractivity contribution in [1.82, 2.24) is 15.1 Å². The lowest BCUT2D eigenvalue weighted by Gasteiger charge is -2.14. The fourth-order valence-electron chi connectivity index (χ4n) is 2.77. The molecule has 0 amide bonds. The zero-order valence-corrected chi connectivity index (χ0v) is 15.0. The summed E-state index contributed by atoms with van der Waals surface area (Å²) >= 11 is 5.68. The van der Waals surface area contributed by atoms with Crippen molar-refractivity contribution in [3.05, 3.63) is 81.9 Å². The maximum absolute atomic E-state index is 14.0. The Hall–Kier alpha value is -2.31. The van der Waals surface area contributed by atoms with Crippen molar-refractivity contribution in [3.8, 4) is 5.69 Å². The minimum atomic E-state index is -0.681. The summed E-state index contributed by atoms with van der Waals surface area (Å²) in [6, 6.07) is 7.90. The molecule has 0 radical (unpaired) electrons. The van der Waals surface area contributed by atoms with Crippen LogP contribution in [0.4, 0.5) is 13.2 Å². The fourth-order valence-corrected chi connectivity index (χ4v) is 2.89. The average Bonchev–Trinajstić information content (AvgIpc) is 2.97. The smallest absolute Gasteiger partial charge is 0.151 e. The molecule has 0 aliphatic heterocycles. The predicted molar refractivity (Wildman–Crippen MR) is 94.9 cm³/mol. The van der Waals surface area contributed by atoms with E-state index in [0.717, 1.165) is 22.9 Å². The molecule has 1 atom stereocenters. The lowest BCUT2D eigenvalue weighted by atomic mass is 10.1. The van der Waals surface area contributed by atoms with Gasteiger partial charge in [-0.25, -0.2) is 17.9 Å². The molecule has 136 valence electrons. The lowest BCUT2D eigenvalue weighted by molar-refractivity contribution is 0.563. The van der Waals surface area contributed by atoms with Crippen LogP contribution in [-0.4, -0.2) is 9.78 Å². The number of hydrogen-bond donors (Lipinski definition) is 1. The van der Waals surface area contributed by atoms with Gasteiger partial charge in [0.1, 0.15) is 17.3 Å². The summed E-state index contributed by atoms with van der Waals surface area (Å²) < 4.78 is 42.0. The number of benzene rings is 2. The van der Waals surface area contributed by atoms with Crippen LogP contribution in [0.15, 0.2) is 42.6 Å². The molecule has 0 unspecified atom stereocenters. The standard InChI is InChI=1S/C19H17ClF3N3/c1-11(24-9-13-3-5-16(20)17(22)7-13)15-10-25-26(12(15)2)19-6-4-14(21)8-18(19)23/h3-8,10-11,24H,9H2,1-2H3/t11-/m1/s1. The Morgan fingerprint density at radius 1 is 1.12 bits per heavy atom. The minimum absolute atomic E-state index is 0.0836. The highest BCUT2D eigenvalue weighted by atomic mass is 35.5. The second-order valence-electron chi connectivity index (χ2n) is 6.04. The second-order valence-corrected chi connectivity index (χ2v) is 6.45. The summed E-state index contributed by atoms with van der Waals surface area (Å²) in [6.45, 7) is 4.18. The highest BCUT2D eigenvalue weighted by Crippen LogP contribution is 2.23. The number of aromatic nitrogens is 2. The van der Waals surface area contributed by atoms with E-state index in [0.29, 0.717) is 6.54 Å². The molecule has 0 saturated heterocycles. The molecule has 1 aromatic heterocycles. The van der Waals surface area contributed by atoms with E-state index in [2.05, 4.69) is 10.4 Å². The summed E-state index contributed by atoms with van der Waals surface area (Å²) in [5, 5.41) is 7.57. The van der Waals surface area contributed by atoms with Gasteiger partial charge in [0.15, 0.2) is 5.82 Å². The Labute approximate surface area is 154 Å². The predicted octanol–water partition coefficient (Wildman–Crippen LogP) is 5.10. The van der Waals surface area contributed by atoms with E-state index in [4.69, 9.17) is 11.6 Å². The molecule has 0 fully saturated rings. The first-order valence-corrected chi connectivity index (χ1v) is 8.42. The number of halogens is 4. The van der Waals surface area contributed by atoms with E-state index in [1.807, 2.05) is 13.8 Å². The molecule has 7 heteroatoms. The molecule has 0 aliphatic rings. The molecule has 3 rings (SSSR count). The first-order chi connectivity index (χ1) is 12.4. The normalized spacial score (nSPS) is 12.4. The molecule has 1 heterocycles. The minimum Gasteiger partial charge on any atom is -0.306 e. The van der Waals surface area contributed by atoms with Gasteiger partial charge < -0.3 is 5.32 Å². The Balaban J connectivity index is 1.77. The van der Waals surface area contributed by atoms with Gasteiger partial charge in [-0.2, -0.15) is 5.10 Å². The van der Waals surface area contributed by atoms with Crippen molar-refractivity contribution in [1.29, 1.82) is 0 Å². The molecule has 3 nitrogen and oxygen atoms in total. The molecule has 0 aliphatic carbocycles. The highest BCUT2D eigenvalue weighted by Gasteiger charge is 2.16. The number of nitrogens with one attached hydrogen (secondary N) is 1. The third-order valence-corrected chi connectivity index (χ3v) is 4.56. The van der Waals surface area contributed by atoms with E-state index >= 15 is 0 Å². The number of nitrogens with zero attached hydrogens (tertiary/aromatic N) is 2. The summed E-state index contributed by atoms with van der Waals surface area (Å²) in [7, 11) is 0. The van der Waals surface area contributed by atoms with Gasteiger partial charge in [-0.05, 0) is 43.7 Å². The Morgan fingerprint density at radius 2 is 1.88 bits per heavy atom. The first-order valence-electron chi connectivity index (χ1n) is 8.04. The van der Waals surface area contributed by atoms with Crippen LogP contribution < -0.4 is 5.32 Å². The molecular formula is C19H17ClF3N3.